The van der Waals surface area contributed by atoms with Crippen molar-refractivity contribution in [3.63, 3.8) is 0 Å². The van der Waals surface area contributed by atoms with E-state index >= 15 is 0 Å². The van der Waals surface area contributed by atoms with Crippen LogP contribution >= 0.6 is 0 Å². The number of likely N-dealkylation sites (tertiary alicyclic amines) is 1. The zero-order valence-corrected chi connectivity index (χ0v) is 22.7. The number of ether oxygens (including phenoxy) is 1. The Morgan fingerprint density at radius 3 is 2.65 bits per heavy atom. The topological polar surface area (TPSA) is 128 Å². The van der Waals surface area contributed by atoms with Gasteiger partial charge in [-0.2, -0.15) is 0 Å². The van der Waals surface area contributed by atoms with Crippen molar-refractivity contribution in [3.8, 4) is 11.3 Å². The van der Waals surface area contributed by atoms with E-state index in [2.05, 4.69) is 22.2 Å². The summed E-state index contributed by atoms with van der Waals surface area (Å²) in [5.41, 5.74) is 10.1. The van der Waals surface area contributed by atoms with Gasteiger partial charge in [-0.3, -0.25) is 14.0 Å². The third kappa shape index (κ3) is 4.90. The third-order valence-electron chi connectivity index (χ3n) is 7.92. The minimum atomic E-state index is -0.342. The largest absolute Gasteiger partial charge is 0.382 e. The van der Waals surface area contributed by atoms with Crippen molar-refractivity contribution in [2.45, 2.75) is 57.6 Å². The van der Waals surface area contributed by atoms with Crippen molar-refractivity contribution >= 4 is 29.0 Å². The second-order valence-corrected chi connectivity index (χ2v) is 10.7. The standard InChI is InChI=1S/C30H33N7O3/c1-18-11-12-32-24(16-18)34-29(38)21-9-7-20(8-10-21)25-26-27(31)33-13-14-36(26)28(35-25)22-6-5-19(2)37(17-22)30(39)23-4-3-15-40-23/h7-14,16,19,22-23H,3-6,15,17H2,1-2H3,(H2,31,33)(H,32,34,38)/t19-,22+,23?/m0/s1. The second-order valence-electron chi connectivity index (χ2n) is 10.7. The molecule has 6 rings (SSSR count). The summed E-state index contributed by atoms with van der Waals surface area (Å²) in [5, 5.41) is 2.84. The molecule has 40 heavy (non-hydrogen) atoms. The van der Waals surface area contributed by atoms with Crippen molar-refractivity contribution < 1.29 is 14.3 Å². The number of nitrogen functional groups attached to an aromatic ring is 1. The number of hydrogen-bond donors (Lipinski definition) is 2. The van der Waals surface area contributed by atoms with Gasteiger partial charge in [0.2, 0.25) is 0 Å². The Bertz CT molecular complexity index is 1560. The predicted octanol–water partition coefficient (Wildman–Crippen LogP) is 4.21. The van der Waals surface area contributed by atoms with Crippen molar-refractivity contribution in [1.82, 2.24) is 24.3 Å². The lowest BCUT2D eigenvalue weighted by molar-refractivity contribution is -0.144. The average Bonchev–Trinajstić information content (AvgIpc) is 3.63. The molecule has 2 fully saturated rings. The molecule has 0 saturated carbocycles. The zero-order valence-electron chi connectivity index (χ0n) is 22.7. The normalized spacial score (nSPS) is 21.1. The van der Waals surface area contributed by atoms with Crippen LogP contribution in [0.15, 0.2) is 55.0 Å². The summed E-state index contributed by atoms with van der Waals surface area (Å²) in [4.78, 5) is 41.6. The van der Waals surface area contributed by atoms with Crippen LogP contribution in [0.1, 0.15) is 60.3 Å². The van der Waals surface area contributed by atoms with E-state index in [1.165, 1.54) is 0 Å². The van der Waals surface area contributed by atoms with Gasteiger partial charge in [-0.25, -0.2) is 15.0 Å². The Morgan fingerprint density at radius 2 is 1.90 bits per heavy atom. The summed E-state index contributed by atoms with van der Waals surface area (Å²) in [5.74, 6) is 1.60. The summed E-state index contributed by atoms with van der Waals surface area (Å²) in [6, 6.07) is 11.1. The molecular weight excluding hydrogens is 506 g/mol. The van der Waals surface area contributed by atoms with E-state index in [9.17, 15) is 9.59 Å². The van der Waals surface area contributed by atoms with Gasteiger partial charge in [0.05, 0.1) is 0 Å². The number of nitrogens with one attached hydrogen (secondary N) is 1. The molecule has 2 aliphatic heterocycles. The third-order valence-corrected chi connectivity index (χ3v) is 7.92. The molecule has 1 unspecified atom stereocenters. The number of rotatable bonds is 5. The van der Waals surface area contributed by atoms with Crippen LogP contribution in [0, 0.1) is 6.92 Å². The van der Waals surface area contributed by atoms with Crippen LogP contribution in [0.4, 0.5) is 11.6 Å². The van der Waals surface area contributed by atoms with Crippen molar-refractivity contribution in [2.75, 3.05) is 24.2 Å². The van der Waals surface area contributed by atoms with E-state index < -0.39 is 0 Å². The minimum Gasteiger partial charge on any atom is -0.382 e. The maximum atomic E-state index is 13.3. The number of amides is 2. The number of carbonyl (C=O) groups excluding carboxylic acids is 2. The number of hydrogen-bond acceptors (Lipinski definition) is 7. The van der Waals surface area contributed by atoms with Gasteiger partial charge in [0, 0.05) is 54.8 Å². The van der Waals surface area contributed by atoms with Crippen LogP contribution in [-0.4, -0.2) is 61.4 Å². The summed E-state index contributed by atoms with van der Waals surface area (Å²) in [6.07, 6.45) is 8.36. The molecule has 0 aliphatic carbocycles. The Labute approximate surface area is 232 Å². The molecule has 206 valence electrons. The number of nitrogens with zero attached hydrogens (tertiary/aromatic N) is 5. The van der Waals surface area contributed by atoms with Crippen molar-refractivity contribution in [3.05, 3.63) is 71.9 Å². The molecule has 4 aromatic rings. The fraction of sp³-hybridized carbons (Fsp3) is 0.367. The molecule has 10 heteroatoms. The number of aromatic nitrogens is 4. The van der Waals surface area contributed by atoms with E-state index in [4.69, 9.17) is 15.5 Å². The van der Waals surface area contributed by atoms with Crippen LogP contribution in [0.3, 0.4) is 0 Å². The highest BCUT2D eigenvalue weighted by atomic mass is 16.5. The maximum absolute atomic E-state index is 13.3. The Balaban J connectivity index is 1.29. The van der Waals surface area contributed by atoms with Gasteiger partial charge in [0.25, 0.3) is 11.8 Å². The molecule has 3 aromatic heterocycles. The molecule has 5 heterocycles. The van der Waals surface area contributed by atoms with E-state index in [-0.39, 0.29) is 29.9 Å². The smallest absolute Gasteiger partial charge is 0.256 e. The molecule has 2 aliphatic rings. The summed E-state index contributed by atoms with van der Waals surface area (Å²) in [7, 11) is 0. The summed E-state index contributed by atoms with van der Waals surface area (Å²) >= 11 is 0. The van der Waals surface area contributed by atoms with Crippen LogP contribution in [0.2, 0.25) is 0 Å². The first-order chi connectivity index (χ1) is 19.4. The highest BCUT2D eigenvalue weighted by Gasteiger charge is 2.37. The summed E-state index contributed by atoms with van der Waals surface area (Å²) < 4.78 is 7.70. The molecule has 10 nitrogen and oxygen atoms in total. The van der Waals surface area contributed by atoms with E-state index in [1.807, 2.05) is 46.7 Å². The van der Waals surface area contributed by atoms with Crippen LogP contribution < -0.4 is 11.1 Å². The Hall–Kier alpha value is -4.31. The van der Waals surface area contributed by atoms with Gasteiger partial charge in [0.1, 0.15) is 34.8 Å². The lowest BCUT2D eigenvalue weighted by Crippen LogP contribution is -2.49. The van der Waals surface area contributed by atoms with Crippen LogP contribution in [-0.2, 0) is 9.53 Å². The van der Waals surface area contributed by atoms with E-state index in [0.29, 0.717) is 41.6 Å². The number of imidazole rings is 1. The van der Waals surface area contributed by atoms with Gasteiger partial charge in [-0.05, 0) is 69.4 Å². The van der Waals surface area contributed by atoms with Crippen molar-refractivity contribution in [1.29, 1.82) is 0 Å². The van der Waals surface area contributed by atoms with Crippen LogP contribution in [0.25, 0.3) is 16.8 Å². The van der Waals surface area contributed by atoms with Gasteiger partial charge in [0.15, 0.2) is 0 Å². The zero-order chi connectivity index (χ0) is 27.8. The van der Waals surface area contributed by atoms with E-state index in [0.717, 1.165) is 42.6 Å². The molecule has 3 atom stereocenters. The number of carbonyl (C=O) groups is 2. The first-order valence-electron chi connectivity index (χ1n) is 13.8. The number of piperidine rings is 1. The lowest BCUT2D eigenvalue weighted by Gasteiger charge is -2.38. The van der Waals surface area contributed by atoms with Gasteiger partial charge in [-0.15, -0.1) is 0 Å². The van der Waals surface area contributed by atoms with E-state index in [1.54, 1.807) is 24.5 Å². The molecule has 3 N–H and O–H groups in total. The SMILES string of the molecule is Cc1ccnc(NC(=O)c2ccc(-c3nc([C@@H]4CC[C@H](C)N(C(=O)C5CCCO5)C4)n4ccnc(N)c34)cc2)c1. The Morgan fingerprint density at radius 1 is 1.07 bits per heavy atom. The van der Waals surface area contributed by atoms with Gasteiger partial charge in [-0.1, -0.05) is 12.1 Å². The fourth-order valence-corrected chi connectivity index (χ4v) is 5.73. The van der Waals surface area contributed by atoms with Gasteiger partial charge < -0.3 is 20.7 Å². The lowest BCUT2D eigenvalue weighted by atomic mass is 9.92. The fourth-order valence-electron chi connectivity index (χ4n) is 5.73. The molecule has 0 spiro atoms. The van der Waals surface area contributed by atoms with Crippen molar-refractivity contribution in [2.24, 2.45) is 0 Å². The maximum Gasteiger partial charge on any atom is 0.256 e. The average molecular weight is 540 g/mol. The molecular formula is C30H33N7O3. The monoisotopic (exact) mass is 539 g/mol. The quantitative estimate of drug-likeness (QED) is 0.389. The summed E-state index contributed by atoms with van der Waals surface area (Å²) in [6.45, 7) is 5.27. The second kappa shape index (κ2) is 10.7. The highest BCUT2D eigenvalue weighted by molar-refractivity contribution is 6.04. The number of pyridine rings is 1. The predicted molar refractivity (Wildman–Crippen MR) is 152 cm³/mol. The molecule has 0 bridgehead atoms. The first kappa shape index (κ1) is 25.9. The number of anilines is 2. The highest BCUT2D eigenvalue weighted by Crippen LogP contribution is 2.36. The first-order valence-corrected chi connectivity index (χ1v) is 13.8. The Kier molecular flexibility index (Phi) is 6.93. The number of nitrogens with two attached hydrogens (primary N) is 1. The minimum absolute atomic E-state index is 0.0384. The molecule has 1 aromatic carbocycles. The number of aryl methyl sites for hydroxylation is 1. The molecule has 0 radical (unpaired) electrons. The van der Waals surface area contributed by atoms with Gasteiger partial charge >= 0.3 is 0 Å². The molecule has 2 amide bonds. The van der Waals surface area contributed by atoms with Crippen LogP contribution in [0.5, 0.6) is 0 Å². The molecule has 2 saturated heterocycles. The number of benzene rings is 1. The number of fused-ring (bicyclic) bond motifs is 1.